The number of hydrogen-bond donors (Lipinski definition) is 2. The van der Waals surface area contributed by atoms with Gasteiger partial charge in [0, 0.05) is 55.9 Å². The third kappa shape index (κ3) is 3.40. The van der Waals surface area contributed by atoms with Crippen LogP contribution in [-0.2, 0) is 13.0 Å². The third-order valence-corrected chi connectivity index (χ3v) is 5.07. The summed E-state index contributed by atoms with van der Waals surface area (Å²) in [5, 5.41) is 9.68. The maximum absolute atomic E-state index is 11.6. The molecule has 1 fully saturated rings. The number of aliphatic hydroxyl groups excluding tert-OH is 1. The second kappa shape index (κ2) is 7.01. The number of aromatic nitrogens is 2. The number of aryl methyl sites for hydroxylation is 1. The van der Waals surface area contributed by atoms with Crippen LogP contribution >= 0.6 is 0 Å². The Bertz CT molecular complexity index is 825. The summed E-state index contributed by atoms with van der Waals surface area (Å²) in [4.78, 5) is 24.2. The highest BCUT2D eigenvalue weighted by Crippen LogP contribution is 2.29. The minimum absolute atomic E-state index is 0.218. The van der Waals surface area contributed by atoms with Gasteiger partial charge in [-0.2, -0.15) is 0 Å². The van der Waals surface area contributed by atoms with E-state index in [1.807, 2.05) is 12.4 Å². The van der Waals surface area contributed by atoms with Crippen molar-refractivity contribution in [1.82, 2.24) is 14.9 Å². The molecule has 1 saturated heterocycles. The van der Waals surface area contributed by atoms with Gasteiger partial charge in [0.15, 0.2) is 0 Å². The number of urea groups is 1. The molecule has 0 aromatic carbocycles. The molecule has 2 aliphatic heterocycles. The molecule has 7 heteroatoms. The van der Waals surface area contributed by atoms with Gasteiger partial charge in [-0.3, -0.25) is 14.8 Å². The van der Waals surface area contributed by atoms with Crippen molar-refractivity contribution in [2.24, 2.45) is 5.73 Å². The van der Waals surface area contributed by atoms with Gasteiger partial charge in [-0.1, -0.05) is 0 Å². The van der Waals surface area contributed by atoms with Crippen LogP contribution in [0.5, 0.6) is 0 Å². The number of fused-ring (bicyclic) bond motifs is 1. The lowest BCUT2D eigenvalue weighted by molar-refractivity contribution is 0.175. The Morgan fingerprint density at radius 3 is 2.85 bits per heavy atom. The Morgan fingerprint density at radius 2 is 2.08 bits per heavy atom. The summed E-state index contributed by atoms with van der Waals surface area (Å²) >= 11 is 0. The van der Waals surface area contributed by atoms with Crippen LogP contribution in [0.2, 0.25) is 0 Å². The van der Waals surface area contributed by atoms with Gasteiger partial charge >= 0.3 is 6.03 Å². The maximum Gasteiger partial charge on any atom is 0.320 e. The minimum Gasteiger partial charge on any atom is -0.392 e. The first-order chi connectivity index (χ1) is 12.6. The first-order valence-electron chi connectivity index (χ1n) is 9.01. The molecule has 0 aliphatic carbocycles. The predicted molar refractivity (Wildman–Crippen MR) is 98.6 cm³/mol. The molecule has 0 saturated carbocycles. The quantitative estimate of drug-likeness (QED) is 0.873. The number of rotatable bonds is 3. The van der Waals surface area contributed by atoms with Gasteiger partial charge in [0.2, 0.25) is 0 Å². The lowest BCUT2D eigenvalue weighted by Crippen LogP contribution is -2.40. The number of β-amino-alcohol motifs (C(OH)–C–C–N with tert-alkyl or cyclic N) is 1. The number of carbonyl (C=O) groups is 1. The fourth-order valence-electron chi connectivity index (χ4n) is 3.78. The molecule has 0 radical (unpaired) electrons. The van der Waals surface area contributed by atoms with Crippen molar-refractivity contribution in [2.75, 3.05) is 24.5 Å². The number of aliphatic hydroxyl groups is 1. The standard InChI is InChI=1S/C19H23N5O2/c20-19(26)24-4-1-2-14-7-16(10-22-18(14)24)15-6-13(8-21-9-15)11-23-5-3-17(25)12-23/h6-10,17,25H,1-5,11-12H2,(H2,20,26). The van der Waals surface area contributed by atoms with E-state index in [1.165, 1.54) is 4.90 Å². The largest absolute Gasteiger partial charge is 0.392 e. The smallest absolute Gasteiger partial charge is 0.320 e. The summed E-state index contributed by atoms with van der Waals surface area (Å²) in [5.41, 5.74) is 9.61. The van der Waals surface area contributed by atoms with Crippen LogP contribution < -0.4 is 10.6 Å². The molecule has 136 valence electrons. The molecule has 4 heterocycles. The van der Waals surface area contributed by atoms with E-state index in [0.717, 1.165) is 54.6 Å². The fraction of sp³-hybridized carbons (Fsp3) is 0.421. The molecule has 4 rings (SSSR count). The van der Waals surface area contributed by atoms with Crippen LogP contribution in [0.15, 0.2) is 30.7 Å². The van der Waals surface area contributed by atoms with E-state index in [-0.39, 0.29) is 6.10 Å². The van der Waals surface area contributed by atoms with Crippen LogP contribution in [0.3, 0.4) is 0 Å². The summed E-state index contributed by atoms with van der Waals surface area (Å²) in [6, 6.07) is 3.75. The van der Waals surface area contributed by atoms with Gasteiger partial charge in [-0.15, -0.1) is 0 Å². The molecule has 2 aromatic rings. The summed E-state index contributed by atoms with van der Waals surface area (Å²) in [6.07, 6.45) is 7.87. The summed E-state index contributed by atoms with van der Waals surface area (Å²) < 4.78 is 0. The van der Waals surface area contributed by atoms with Crippen LogP contribution in [-0.4, -0.2) is 51.7 Å². The average molecular weight is 353 g/mol. The van der Waals surface area contributed by atoms with E-state index < -0.39 is 6.03 Å². The summed E-state index contributed by atoms with van der Waals surface area (Å²) in [6.45, 7) is 3.03. The van der Waals surface area contributed by atoms with Gasteiger partial charge in [0.25, 0.3) is 0 Å². The van der Waals surface area contributed by atoms with E-state index in [2.05, 4.69) is 27.0 Å². The maximum atomic E-state index is 11.6. The van der Waals surface area contributed by atoms with E-state index >= 15 is 0 Å². The number of nitrogens with two attached hydrogens (primary N) is 1. The Morgan fingerprint density at radius 1 is 1.23 bits per heavy atom. The predicted octanol–water partition coefficient (Wildman–Crippen LogP) is 1.54. The van der Waals surface area contributed by atoms with Crippen molar-refractivity contribution in [3.8, 4) is 11.1 Å². The first kappa shape index (κ1) is 16.9. The Labute approximate surface area is 152 Å². The van der Waals surface area contributed by atoms with E-state index in [4.69, 9.17) is 5.73 Å². The van der Waals surface area contributed by atoms with Crippen molar-refractivity contribution >= 4 is 11.8 Å². The van der Waals surface area contributed by atoms with Crippen molar-refractivity contribution in [3.05, 3.63) is 41.9 Å². The monoisotopic (exact) mass is 353 g/mol. The van der Waals surface area contributed by atoms with Crippen molar-refractivity contribution in [1.29, 1.82) is 0 Å². The number of amides is 2. The minimum atomic E-state index is -0.456. The molecule has 2 amide bonds. The van der Waals surface area contributed by atoms with Crippen LogP contribution in [0.4, 0.5) is 10.6 Å². The van der Waals surface area contributed by atoms with Gasteiger partial charge in [0.05, 0.1) is 6.10 Å². The van der Waals surface area contributed by atoms with Gasteiger partial charge in [0.1, 0.15) is 5.82 Å². The summed E-state index contributed by atoms with van der Waals surface area (Å²) in [5.74, 6) is 0.669. The van der Waals surface area contributed by atoms with Crippen molar-refractivity contribution in [3.63, 3.8) is 0 Å². The van der Waals surface area contributed by atoms with Crippen LogP contribution in [0.1, 0.15) is 24.0 Å². The molecule has 0 spiro atoms. The zero-order chi connectivity index (χ0) is 18.1. The first-order valence-corrected chi connectivity index (χ1v) is 9.01. The SMILES string of the molecule is NC(=O)N1CCCc2cc(-c3cncc(CN4CCC(O)C4)c3)cnc21. The zero-order valence-corrected chi connectivity index (χ0v) is 14.6. The number of anilines is 1. The molecule has 2 aromatic heterocycles. The number of likely N-dealkylation sites (tertiary alicyclic amines) is 1. The number of primary amides is 1. The Kier molecular flexibility index (Phi) is 4.57. The van der Waals surface area contributed by atoms with Crippen molar-refractivity contribution in [2.45, 2.75) is 31.9 Å². The summed E-state index contributed by atoms with van der Waals surface area (Å²) in [7, 11) is 0. The lowest BCUT2D eigenvalue weighted by Gasteiger charge is -2.26. The van der Waals surface area contributed by atoms with E-state index in [1.54, 1.807) is 6.20 Å². The highest BCUT2D eigenvalue weighted by molar-refractivity contribution is 5.91. The highest BCUT2D eigenvalue weighted by Gasteiger charge is 2.23. The molecule has 2 aliphatic rings. The van der Waals surface area contributed by atoms with Gasteiger partial charge in [-0.05, 0) is 42.5 Å². The molecule has 0 bridgehead atoms. The van der Waals surface area contributed by atoms with Crippen LogP contribution in [0, 0.1) is 0 Å². The normalized spacial score (nSPS) is 20.2. The molecular formula is C19H23N5O2. The molecule has 3 N–H and O–H groups in total. The molecule has 1 atom stereocenters. The highest BCUT2D eigenvalue weighted by atomic mass is 16.3. The Hall–Kier alpha value is -2.51. The average Bonchev–Trinajstić information content (AvgIpc) is 3.05. The lowest BCUT2D eigenvalue weighted by atomic mass is 10.0. The fourth-order valence-corrected chi connectivity index (χ4v) is 3.78. The van der Waals surface area contributed by atoms with Gasteiger partial charge < -0.3 is 10.8 Å². The molecule has 7 nitrogen and oxygen atoms in total. The third-order valence-electron chi connectivity index (χ3n) is 5.07. The number of pyridine rings is 2. The van der Waals surface area contributed by atoms with E-state index in [9.17, 15) is 9.90 Å². The van der Waals surface area contributed by atoms with E-state index in [0.29, 0.717) is 18.9 Å². The number of nitrogens with zero attached hydrogens (tertiary/aromatic N) is 4. The zero-order valence-electron chi connectivity index (χ0n) is 14.6. The van der Waals surface area contributed by atoms with Gasteiger partial charge in [-0.25, -0.2) is 9.78 Å². The second-order valence-electron chi connectivity index (χ2n) is 7.06. The van der Waals surface area contributed by atoms with Crippen LogP contribution in [0.25, 0.3) is 11.1 Å². The van der Waals surface area contributed by atoms with Crippen molar-refractivity contribution < 1.29 is 9.90 Å². The number of hydrogen-bond acceptors (Lipinski definition) is 5. The second-order valence-corrected chi connectivity index (χ2v) is 7.06. The Balaban J connectivity index is 1.58. The topological polar surface area (TPSA) is 95.6 Å². The molecular weight excluding hydrogens is 330 g/mol. The molecule has 26 heavy (non-hydrogen) atoms. The molecule has 1 unspecified atom stereocenters. The number of carbonyl (C=O) groups excluding carboxylic acids is 1.